The highest BCUT2D eigenvalue weighted by molar-refractivity contribution is 5.50. The Morgan fingerprint density at radius 3 is 2.11 bits per heavy atom. The number of hydrogen-bond donors (Lipinski definition) is 0. The quantitative estimate of drug-likeness (QED) is 0.530. The molecule has 0 spiro atoms. The predicted molar refractivity (Wildman–Crippen MR) is 73.5 cm³/mol. The monoisotopic (exact) mass is 252 g/mol. The fraction of sp³-hybridized carbons (Fsp3) is 0.571. The summed E-state index contributed by atoms with van der Waals surface area (Å²) in [5, 5.41) is 0. The lowest BCUT2D eigenvalue weighted by Gasteiger charge is -2.33. The summed E-state index contributed by atoms with van der Waals surface area (Å²) in [4.78, 5) is 25.0. The number of hydrogen-bond acceptors (Lipinski definition) is 2. The van der Waals surface area contributed by atoms with Crippen LogP contribution in [-0.2, 0) is 9.59 Å². The summed E-state index contributed by atoms with van der Waals surface area (Å²) in [5.41, 5.74) is 0. The standard InChI is InChI=1S/C14H24N2O2/c1-5-9-14(16(8-4)12-18)13(6-2)10-15(7-3)11-17/h7-8,11-14H,3-6,9-10H2,1-2H3. The fourth-order valence-corrected chi connectivity index (χ4v) is 2.13. The second-order valence-electron chi connectivity index (χ2n) is 4.24. The summed E-state index contributed by atoms with van der Waals surface area (Å²) in [6.45, 7) is 12.0. The molecule has 18 heavy (non-hydrogen) atoms. The van der Waals surface area contributed by atoms with Gasteiger partial charge in [0.05, 0.1) is 0 Å². The van der Waals surface area contributed by atoms with Gasteiger partial charge in [-0.15, -0.1) is 0 Å². The minimum absolute atomic E-state index is 0.0809. The van der Waals surface area contributed by atoms with Gasteiger partial charge in [-0.05, 0) is 31.2 Å². The molecule has 0 fully saturated rings. The Morgan fingerprint density at radius 2 is 1.78 bits per heavy atom. The van der Waals surface area contributed by atoms with E-state index in [4.69, 9.17) is 0 Å². The lowest BCUT2D eigenvalue weighted by Crippen LogP contribution is -2.40. The Balaban J connectivity index is 4.89. The van der Waals surface area contributed by atoms with E-state index in [0.717, 1.165) is 32.1 Å². The van der Waals surface area contributed by atoms with Crippen molar-refractivity contribution in [1.29, 1.82) is 0 Å². The van der Waals surface area contributed by atoms with Crippen molar-refractivity contribution < 1.29 is 9.59 Å². The lowest BCUT2D eigenvalue weighted by atomic mass is 9.92. The highest BCUT2D eigenvalue weighted by Crippen LogP contribution is 2.20. The lowest BCUT2D eigenvalue weighted by molar-refractivity contribution is -0.119. The van der Waals surface area contributed by atoms with Gasteiger partial charge in [0, 0.05) is 12.6 Å². The minimum Gasteiger partial charge on any atom is -0.322 e. The smallest absolute Gasteiger partial charge is 0.213 e. The number of nitrogens with zero attached hydrogens (tertiary/aromatic N) is 2. The van der Waals surface area contributed by atoms with Crippen molar-refractivity contribution in [3.8, 4) is 0 Å². The first-order valence-electron chi connectivity index (χ1n) is 6.37. The maximum Gasteiger partial charge on any atom is 0.213 e. The summed E-state index contributed by atoms with van der Waals surface area (Å²) in [6, 6.07) is 0.0809. The van der Waals surface area contributed by atoms with Crippen LogP contribution in [0.25, 0.3) is 0 Å². The zero-order chi connectivity index (χ0) is 14.0. The Hall–Kier alpha value is -1.58. The predicted octanol–water partition coefficient (Wildman–Crippen LogP) is 2.39. The molecule has 0 radical (unpaired) electrons. The molecule has 0 saturated carbocycles. The minimum atomic E-state index is 0.0809. The molecule has 0 aromatic carbocycles. The Kier molecular flexibility index (Phi) is 8.62. The van der Waals surface area contributed by atoms with Gasteiger partial charge in [-0.2, -0.15) is 0 Å². The molecule has 2 unspecified atom stereocenters. The zero-order valence-electron chi connectivity index (χ0n) is 11.4. The maximum absolute atomic E-state index is 11.0. The molecule has 0 aromatic heterocycles. The van der Waals surface area contributed by atoms with Crippen molar-refractivity contribution >= 4 is 12.8 Å². The van der Waals surface area contributed by atoms with Crippen molar-refractivity contribution in [2.75, 3.05) is 6.54 Å². The van der Waals surface area contributed by atoms with Crippen LogP contribution >= 0.6 is 0 Å². The van der Waals surface area contributed by atoms with Crippen molar-refractivity contribution in [3.05, 3.63) is 25.6 Å². The largest absolute Gasteiger partial charge is 0.322 e. The molecule has 0 aliphatic carbocycles. The van der Waals surface area contributed by atoms with E-state index in [1.807, 2.05) is 0 Å². The molecule has 0 N–H and O–H groups in total. The van der Waals surface area contributed by atoms with Crippen LogP contribution in [0.1, 0.15) is 33.1 Å². The molecule has 102 valence electrons. The third-order valence-electron chi connectivity index (χ3n) is 3.18. The summed E-state index contributed by atoms with van der Waals surface area (Å²) in [5.74, 6) is 0.219. The number of rotatable bonds is 11. The third-order valence-corrected chi connectivity index (χ3v) is 3.18. The van der Waals surface area contributed by atoms with Gasteiger partial charge in [0.1, 0.15) is 0 Å². The summed E-state index contributed by atoms with van der Waals surface area (Å²) >= 11 is 0. The van der Waals surface area contributed by atoms with Gasteiger partial charge in [-0.25, -0.2) is 0 Å². The van der Waals surface area contributed by atoms with Gasteiger partial charge >= 0.3 is 0 Å². The van der Waals surface area contributed by atoms with Crippen LogP contribution in [0.4, 0.5) is 0 Å². The highest BCUT2D eigenvalue weighted by atomic mass is 16.1. The topological polar surface area (TPSA) is 40.6 Å². The van der Waals surface area contributed by atoms with E-state index in [-0.39, 0.29) is 12.0 Å². The average molecular weight is 252 g/mol. The normalized spacial score (nSPS) is 13.2. The van der Waals surface area contributed by atoms with Crippen molar-refractivity contribution in [2.45, 2.75) is 39.2 Å². The van der Waals surface area contributed by atoms with Gasteiger partial charge in [0.2, 0.25) is 12.8 Å². The van der Waals surface area contributed by atoms with Gasteiger partial charge in [-0.1, -0.05) is 33.4 Å². The Morgan fingerprint density at radius 1 is 1.11 bits per heavy atom. The van der Waals surface area contributed by atoms with Gasteiger partial charge in [0.25, 0.3) is 0 Å². The first-order chi connectivity index (χ1) is 8.68. The van der Waals surface area contributed by atoms with E-state index in [2.05, 4.69) is 27.0 Å². The summed E-state index contributed by atoms with van der Waals surface area (Å²) < 4.78 is 0. The van der Waals surface area contributed by atoms with E-state index in [1.54, 1.807) is 11.1 Å². The van der Waals surface area contributed by atoms with Crippen LogP contribution in [0.2, 0.25) is 0 Å². The first-order valence-corrected chi connectivity index (χ1v) is 6.37. The molecule has 0 rings (SSSR count). The van der Waals surface area contributed by atoms with E-state index in [0.29, 0.717) is 6.54 Å². The molecule has 0 aliphatic rings. The second kappa shape index (κ2) is 9.45. The SMILES string of the molecule is C=CN(C=O)CC(CC)C(CCC)N(C=C)C=O. The molecule has 0 bridgehead atoms. The molecule has 2 atom stereocenters. The summed E-state index contributed by atoms with van der Waals surface area (Å²) in [6.07, 6.45) is 7.39. The first kappa shape index (κ1) is 16.4. The van der Waals surface area contributed by atoms with Gasteiger partial charge < -0.3 is 9.80 Å². The Labute approximate surface area is 110 Å². The maximum atomic E-state index is 11.0. The van der Waals surface area contributed by atoms with Crippen LogP contribution in [0, 0.1) is 5.92 Å². The van der Waals surface area contributed by atoms with E-state index >= 15 is 0 Å². The molecular formula is C14H24N2O2. The molecule has 0 saturated heterocycles. The summed E-state index contributed by atoms with van der Waals surface area (Å²) in [7, 11) is 0. The molecule has 4 nitrogen and oxygen atoms in total. The van der Waals surface area contributed by atoms with Crippen molar-refractivity contribution in [3.63, 3.8) is 0 Å². The Bertz CT molecular complexity index is 263. The second-order valence-corrected chi connectivity index (χ2v) is 4.24. The number of carbonyl (C=O) groups excluding carboxylic acids is 2. The van der Waals surface area contributed by atoms with Crippen LogP contribution in [0.5, 0.6) is 0 Å². The van der Waals surface area contributed by atoms with Gasteiger partial charge in [-0.3, -0.25) is 9.59 Å². The van der Waals surface area contributed by atoms with E-state index in [1.165, 1.54) is 11.1 Å². The number of carbonyl (C=O) groups is 2. The van der Waals surface area contributed by atoms with Crippen LogP contribution in [0.3, 0.4) is 0 Å². The third kappa shape index (κ3) is 4.73. The van der Waals surface area contributed by atoms with E-state index < -0.39 is 0 Å². The molecule has 4 heteroatoms. The molecule has 0 heterocycles. The van der Waals surface area contributed by atoms with Crippen LogP contribution < -0.4 is 0 Å². The highest BCUT2D eigenvalue weighted by Gasteiger charge is 2.24. The van der Waals surface area contributed by atoms with Crippen molar-refractivity contribution in [1.82, 2.24) is 9.80 Å². The molecule has 2 amide bonds. The fourth-order valence-electron chi connectivity index (χ4n) is 2.13. The number of amides is 2. The van der Waals surface area contributed by atoms with Crippen molar-refractivity contribution in [2.24, 2.45) is 5.92 Å². The van der Waals surface area contributed by atoms with E-state index in [9.17, 15) is 9.59 Å². The average Bonchev–Trinajstić information content (AvgIpc) is 2.41. The molecule has 0 aliphatic heterocycles. The zero-order valence-corrected chi connectivity index (χ0v) is 11.4. The van der Waals surface area contributed by atoms with Crippen LogP contribution in [0.15, 0.2) is 25.6 Å². The van der Waals surface area contributed by atoms with Crippen LogP contribution in [-0.4, -0.2) is 35.2 Å². The van der Waals surface area contributed by atoms with Gasteiger partial charge in [0.15, 0.2) is 0 Å². The molecule has 0 aromatic rings. The molecular weight excluding hydrogens is 228 g/mol.